The van der Waals surface area contributed by atoms with Gasteiger partial charge in [-0.1, -0.05) is 43.9 Å². The summed E-state index contributed by atoms with van der Waals surface area (Å²) >= 11 is 0. The Labute approximate surface area is 190 Å². The van der Waals surface area contributed by atoms with Crippen LogP contribution in [0.4, 0.5) is 5.69 Å². The third kappa shape index (κ3) is 6.17. The van der Waals surface area contributed by atoms with Gasteiger partial charge >= 0.3 is 0 Å². The number of aryl methyl sites for hydroxylation is 1. The van der Waals surface area contributed by atoms with Gasteiger partial charge < -0.3 is 9.80 Å². The molecule has 1 aliphatic carbocycles. The molecule has 172 valence electrons. The summed E-state index contributed by atoms with van der Waals surface area (Å²) in [4.78, 5) is 34.2. The molecule has 0 spiro atoms. The summed E-state index contributed by atoms with van der Waals surface area (Å²) in [6.45, 7) is 2.80. The van der Waals surface area contributed by atoms with E-state index in [9.17, 15) is 9.59 Å². The van der Waals surface area contributed by atoms with Gasteiger partial charge in [0.2, 0.25) is 11.8 Å². The number of benzene rings is 1. The first-order chi connectivity index (χ1) is 15.7. The van der Waals surface area contributed by atoms with Gasteiger partial charge in [0, 0.05) is 44.2 Å². The largest absolute Gasteiger partial charge is 0.338 e. The highest BCUT2D eigenvalue weighted by atomic mass is 16.2. The molecule has 0 bridgehead atoms. The number of para-hydroxylation sites is 1. The molecule has 32 heavy (non-hydrogen) atoms. The average Bonchev–Trinajstić information content (AvgIpc) is 3.52. The van der Waals surface area contributed by atoms with E-state index in [1.54, 1.807) is 11.0 Å². The van der Waals surface area contributed by atoms with Crippen LogP contribution < -0.4 is 4.90 Å². The lowest BCUT2D eigenvalue weighted by molar-refractivity contribution is -0.132. The highest BCUT2D eigenvalue weighted by molar-refractivity contribution is 5.97. The minimum Gasteiger partial charge on any atom is -0.338 e. The van der Waals surface area contributed by atoms with Crippen molar-refractivity contribution in [1.82, 2.24) is 19.7 Å². The molecule has 7 heteroatoms. The average molecular weight is 438 g/mol. The molecule has 1 fully saturated rings. The standard InChI is InChI=1S/C25H35N5O2/c31-24(12-9-16-29-20-26-19-27-29)28-15-7-3-1-2-4-8-17-30(25(32)21-13-14-21)23-11-6-5-10-22(23)18-28/h5-6,10-11,19-21H,1-4,7-9,12-18H2. The maximum Gasteiger partial charge on any atom is 0.230 e. The first kappa shape index (κ1) is 22.5. The minimum absolute atomic E-state index is 0.176. The Morgan fingerprint density at radius 2 is 1.72 bits per heavy atom. The molecular weight excluding hydrogens is 402 g/mol. The number of hydrogen-bond acceptors (Lipinski definition) is 4. The molecule has 0 N–H and O–H groups in total. The zero-order chi connectivity index (χ0) is 22.2. The Kier molecular flexibility index (Phi) is 7.91. The van der Waals surface area contributed by atoms with Crippen molar-refractivity contribution in [3.05, 3.63) is 42.5 Å². The van der Waals surface area contributed by atoms with Crippen LogP contribution in [-0.4, -0.2) is 44.6 Å². The van der Waals surface area contributed by atoms with Crippen molar-refractivity contribution in [2.75, 3.05) is 18.0 Å². The Hall–Kier alpha value is -2.70. The molecule has 1 aliphatic heterocycles. The maximum atomic E-state index is 13.2. The topological polar surface area (TPSA) is 71.3 Å². The second-order valence-electron chi connectivity index (χ2n) is 9.09. The van der Waals surface area contributed by atoms with Crippen molar-refractivity contribution in [3.8, 4) is 0 Å². The lowest BCUT2D eigenvalue weighted by Crippen LogP contribution is -2.36. The Morgan fingerprint density at radius 1 is 0.969 bits per heavy atom. The van der Waals surface area contributed by atoms with Gasteiger partial charge in [0.15, 0.2) is 0 Å². The molecule has 1 aromatic heterocycles. The summed E-state index contributed by atoms with van der Waals surface area (Å²) in [5.41, 5.74) is 2.06. The zero-order valence-corrected chi connectivity index (χ0v) is 19.0. The molecule has 4 rings (SSSR count). The molecule has 2 aliphatic rings. The number of carbonyl (C=O) groups excluding carboxylic acids is 2. The molecule has 1 aromatic carbocycles. The molecule has 0 radical (unpaired) electrons. The SMILES string of the molecule is O=C(CCCn1cncn1)N1CCCCCCCCN(C(=O)C2CC2)c2ccccc2C1. The summed E-state index contributed by atoms with van der Waals surface area (Å²) in [6.07, 6.45) is 13.2. The number of rotatable bonds is 5. The molecular formula is C25H35N5O2. The van der Waals surface area contributed by atoms with Gasteiger partial charge in [-0.25, -0.2) is 4.98 Å². The number of carbonyl (C=O) groups is 2. The van der Waals surface area contributed by atoms with Gasteiger partial charge in [0.25, 0.3) is 0 Å². The van der Waals surface area contributed by atoms with Crippen molar-refractivity contribution < 1.29 is 9.59 Å². The fraction of sp³-hybridized carbons (Fsp3) is 0.600. The van der Waals surface area contributed by atoms with Crippen molar-refractivity contribution in [2.45, 2.75) is 77.3 Å². The smallest absolute Gasteiger partial charge is 0.230 e. The first-order valence-corrected chi connectivity index (χ1v) is 12.2. The van der Waals surface area contributed by atoms with Crippen LogP contribution in [0, 0.1) is 5.92 Å². The monoisotopic (exact) mass is 437 g/mol. The van der Waals surface area contributed by atoms with E-state index in [1.807, 2.05) is 21.9 Å². The molecule has 2 aromatic rings. The molecule has 0 saturated heterocycles. The second kappa shape index (κ2) is 11.2. The van der Waals surface area contributed by atoms with Gasteiger partial charge in [-0.05, 0) is 43.7 Å². The van der Waals surface area contributed by atoms with E-state index in [1.165, 1.54) is 19.2 Å². The summed E-state index contributed by atoms with van der Waals surface area (Å²) in [5.74, 6) is 0.626. The van der Waals surface area contributed by atoms with Crippen molar-refractivity contribution in [2.24, 2.45) is 5.92 Å². The van der Waals surface area contributed by atoms with Crippen LogP contribution in [0.25, 0.3) is 0 Å². The van der Waals surface area contributed by atoms with Crippen LogP contribution in [0.1, 0.15) is 69.8 Å². The van der Waals surface area contributed by atoms with Crippen LogP contribution in [0.5, 0.6) is 0 Å². The van der Waals surface area contributed by atoms with Crippen molar-refractivity contribution in [3.63, 3.8) is 0 Å². The van der Waals surface area contributed by atoms with Gasteiger partial charge in [-0.2, -0.15) is 5.10 Å². The lowest BCUT2D eigenvalue weighted by atomic mass is 10.1. The fourth-order valence-corrected chi connectivity index (χ4v) is 4.48. The van der Waals surface area contributed by atoms with E-state index < -0.39 is 0 Å². The van der Waals surface area contributed by atoms with Crippen LogP contribution in [0.2, 0.25) is 0 Å². The zero-order valence-electron chi connectivity index (χ0n) is 19.0. The number of aromatic nitrogens is 3. The highest BCUT2D eigenvalue weighted by Crippen LogP contribution is 2.34. The third-order valence-corrected chi connectivity index (χ3v) is 6.49. The first-order valence-electron chi connectivity index (χ1n) is 12.2. The van der Waals surface area contributed by atoms with E-state index in [4.69, 9.17) is 0 Å². The summed E-state index contributed by atoms with van der Waals surface area (Å²) in [5, 5.41) is 4.12. The Bertz CT molecular complexity index is 878. The highest BCUT2D eigenvalue weighted by Gasteiger charge is 2.34. The van der Waals surface area contributed by atoms with E-state index in [2.05, 4.69) is 22.2 Å². The van der Waals surface area contributed by atoms with Crippen LogP contribution in [0.3, 0.4) is 0 Å². The van der Waals surface area contributed by atoms with Crippen LogP contribution in [-0.2, 0) is 22.7 Å². The van der Waals surface area contributed by atoms with E-state index in [0.717, 1.165) is 69.3 Å². The maximum absolute atomic E-state index is 13.2. The van der Waals surface area contributed by atoms with Crippen molar-refractivity contribution >= 4 is 17.5 Å². The predicted octanol–water partition coefficient (Wildman–Crippen LogP) is 4.18. The summed E-state index contributed by atoms with van der Waals surface area (Å²) in [7, 11) is 0. The van der Waals surface area contributed by atoms with E-state index in [0.29, 0.717) is 19.5 Å². The van der Waals surface area contributed by atoms with E-state index >= 15 is 0 Å². The normalized spacial score (nSPS) is 18.2. The van der Waals surface area contributed by atoms with Crippen LogP contribution >= 0.6 is 0 Å². The second-order valence-corrected chi connectivity index (χ2v) is 9.09. The predicted molar refractivity (Wildman–Crippen MR) is 124 cm³/mol. The molecule has 7 nitrogen and oxygen atoms in total. The number of anilines is 1. The molecule has 2 heterocycles. The van der Waals surface area contributed by atoms with Gasteiger partial charge in [-0.15, -0.1) is 0 Å². The Morgan fingerprint density at radius 3 is 2.47 bits per heavy atom. The molecule has 2 amide bonds. The number of fused-ring (bicyclic) bond motifs is 1. The van der Waals surface area contributed by atoms with Gasteiger partial charge in [0.1, 0.15) is 12.7 Å². The van der Waals surface area contributed by atoms with Gasteiger partial charge in [0.05, 0.1) is 0 Å². The number of amides is 2. The van der Waals surface area contributed by atoms with Crippen molar-refractivity contribution in [1.29, 1.82) is 0 Å². The quantitative estimate of drug-likeness (QED) is 0.703. The minimum atomic E-state index is 0.176. The summed E-state index contributed by atoms with van der Waals surface area (Å²) < 4.78 is 1.77. The molecule has 0 unspecified atom stereocenters. The van der Waals surface area contributed by atoms with E-state index in [-0.39, 0.29) is 17.7 Å². The fourth-order valence-electron chi connectivity index (χ4n) is 4.48. The third-order valence-electron chi connectivity index (χ3n) is 6.49. The molecule has 1 saturated carbocycles. The number of hydrogen-bond donors (Lipinski definition) is 0. The Balaban J connectivity index is 1.50. The van der Waals surface area contributed by atoms with Gasteiger partial charge in [-0.3, -0.25) is 14.3 Å². The summed E-state index contributed by atoms with van der Waals surface area (Å²) in [6, 6.07) is 8.17. The van der Waals surface area contributed by atoms with Crippen LogP contribution in [0.15, 0.2) is 36.9 Å². The lowest BCUT2D eigenvalue weighted by Gasteiger charge is -2.28. The molecule has 0 atom stereocenters. The number of nitrogens with zero attached hydrogens (tertiary/aromatic N) is 5.